The van der Waals surface area contributed by atoms with Gasteiger partial charge in [0.2, 0.25) is 0 Å². The quantitative estimate of drug-likeness (QED) is 0.609. The molecule has 0 aliphatic carbocycles. The van der Waals surface area contributed by atoms with Crippen LogP contribution in [0.25, 0.3) is 0 Å². The predicted molar refractivity (Wildman–Crippen MR) is 88.8 cm³/mol. The minimum Gasteiger partial charge on any atom is -0.462 e. The number of para-hydroxylation sites is 1. The number of benzene rings is 1. The molecule has 0 saturated heterocycles. The highest BCUT2D eigenvalue weighted by Crippen LogP contribution is 2.37. The monoisotopic (exact) mass is 333 g/mol. The van der Waals surface area contributed by atoms with Crippen molar-refractivity contribution >= 4 is 13.7 Å². The first kappa shape index (κ1) is 22.9. The minimum atomic E-state index is -4.06. The number of esters is 1. The van der Waals surface area contributed by atoms with Crippen molar-refractivity contribution in [1.82, 2.24) is 5.09 Å². The topological polar surface area (TPSA) is 84.9 Å². The first-order chi connectivity index (χ1) is 10.4. The van der Waals surface area contributed by atoms with Gasteiger partial charge in [-0.25, -0.2) is 9.65 Å². The van der Waals surface area contributed by atoms with E-state index in [1.54, 1.807) is 32.0 Å². The van der Waals surface area contributed by atoms with E-state index < -0.39 is 20.3 Å². The van der Waals surface area contributed by atoms with Crippen LogP contribution >= 0.6 is 7.75 Å². The lowest BCUT2D eigenvalue weighted by Gasteiger charge is -2.14. The molecule has 6 nitrogen and oxygen atoms in total. The number of ether oxygens (including phenoxy) is 1. The van der Waals surface area contributed by atoms with Gasteiger partial charge in [0.1, 0.15) is 12.3 Å². The van der Waals surface area contributed by atoms with Gasteiger partial charge in [-0.15, -0.1) is 0 Å². The molecule has 0 radical (unpaired) electrons. The van der Waals surface area contributed by atoms with E-state index in [2.05, 4.69) is 5.09 Å². The molecule has 0 amide bonds. The van der Waals surface area contributed by atoms with E-state index >= 15 is 0 Å². The van der Waals surface area contributed by atoms with Crippen molar-refractivity contribution in [3.05, 3.63) is 30.3 Å². The van der Waals surface area contributed by atoms with Crippen molar-refractivity contribution in [2.75, 3.05) is 6.54 Å². The maximum Gasteiger partial charge on any atom is 0.456 e. The van der Waals surface area contributed by atoms with Crippen molar-refractivity contribution in [1.29, 1.82) is 0 Å². The molecule has 1 atom stereocenters. The molecule has 1 aromatic carbocycles. The first-order valence-electron chi connectivity index (χ1n) is 7.41. The summed E-state index contributed by atoms with van der Waals surface area (Å²) in [6, 6.07) is 8.17. The summed E-state index contributed by atoms with van der Waals surface area (Å²) in [6.45, 7) is 11.0. The molecule has 0 aliphatic heterocycles. The summed E-state index contributed by atoms with van der Waals surface area (Å²) in [6.07, 6.45) is -0.271. The average Bonchev–Trinajstić information content (AvgIpc) is 2.49. The molecule has 1 aromatic rings. The van der Waals surface area contributed by atoms with Gasteiger partial charge in [-0.1, -0.05) is 45.9 Å². The molecule has 0 saturated carbocycles. The lowest BCUT2D eigenvalue weighted by atomic mass is 10.3. The van der Waals surface area contributed by atoms with Gasteiger partial charge in [-0.3, -0.25) is 4.79 Å². The van der Waals surface area contributed by atoms with E-state index in [0.29, 0.717) is 0 Å². The number of carbonyl (C=O) groups excluding carboxylic acids is 1. The standard InChI is InChI=1S/C11H16NO5P.2C2H6/c1-9(2)16-11(13)8-12-18(14,15)17-10-6-4-3-5-7-10;2*1-2/h3-7,9H,8H2,1-2H3,(H2,12,14,15);2*1-2H3. The van der Waals surface area contributed by atoms with Crippen LogP contribution in [0.4, 0.5) is 0 Å². The number of hydrogen-bond donors (Lipinski definition) is 2. The Morgan fingerprint density at radius 1 is 1.18 bits per heavy atom. The molecule has 0 spiro atoms. The van der Waals surface area contributed by atoms with Crippen molar-refractivity contribution in [2.24, 2.45) is 0 Å². The summed E-state index contributed by atoms with van der Waals surface area (Å²) in [7, 11) is -4.06. The lowest BCUT2D eigenvalue weighted by molar-refractivity contribution is -0.145. The van der Waals surface area contributed by atoms with Gasteiger partial charge in [-0.05, 0) is 26.0 Å². The zero-order valence-corrected chi connectivity index (χ0v) is 15.1. The van der Waals surface area contributed by atoms with E-state index in [-0.39, 0.29) is 11.9 Å². The van der Waals surface area contributed by atoms with E-state index in [0.717, 1.165) is 0 Å². The molecule has 1 rings (SSSR count). The van der Waals surface area contributed by atoms with E-state index in [1.807, 2.05) is 27.7 Å². The zero-order valence-electron chi connectivity index (χ0n) is 14.2. The molecule has 1 unspecified atom stereocenters. The summed E-state index contributed by atoms with van der Waals surface area (Å²) >= 11 is 0. The maximum absolute atomic E-state index is 11.6. The predicted octanol–water partition coefficient (Wildman–Crippen LogP) is 3.76. The second kappa shape index (κ2) is 13.3. The smallest absolute Gasteiger partial charge is 0.456 e. The Hall–Kier alpha value is -1.36. The van der Waals surface area contributed by atoms with Crippen LogP contribution in [0, 0.1) is 0 Å². The van der Waals surface area contributed by atoms with Gasteiger partial charge in [0.05, 0.1) is 6.10 Å². The normalized spacial score (nSPS) is 12.0. The highest BCUT2D eigenvalue weighted by molar-refractivity contribution is 7.51. The third-order valence-electron chi connectivity index (χ3n) is 1.76. The summed E-state index contributed by atoms with van der Waals surface area (Å²) < 4.78 is 21.2. The number of carbonyl (C=O) groups is 1. The lowest BCUT2D eigenvalue weighted by Crippen LogP contribution is -2.26. The molecule has 0 fully saturated rings. The van der Waals surface area contributed by atoms with Gasteiger partial charge in [0.25, 0.3) is 0 Å². The molecule has 7 heteroatoms. The fourth-order valence-corrected chi connectivity index (χ4v) is 1.93. The average molecular weight is 333 g/mol. The van der Waals surface area contributed by atoms with E-state index in [9.17, 15) is 14.3 Å². The molecular weight excluding hydrogens is 305 g/mol. The zero-order chi connectivity index (χ0) is 17.6. The van der Waals surface area contributed by atoms with Gasteiger partial charge in [0.15, 0.2) is 0 Å². The van der Waals surface area contributed by atoms with Crippen molar-refractivity contribution in [3.63, 3.8) is 0 Å². The minimum absolute atomic E-state index is 0.244. The molecule has 22 heavy (non-hydrogen) atoms. The fraction of sp³-hybridized carbons (Fsp3) is 0.533. The SMILES string of the molecule is CC.CC.CC(C)OC(=O)CNP(=O)(O)Oc1ccccc1. The second-order valence-electron chi connectivity index (χ2n) is 3.80. The van der Waals surface area contributed by atoms with Gasteiger partial charge in [0, 0.05) is 0 Å². The summed E-state index contributed by atoms with van der Waals surface area (Å²) in [5.41, 5.74) is 0. The first-order valence-corrected chi connectivity index (χ1v) is 8.99. The molecule has 0 aliphatic rings. The van der Waals surface area contributed by atoms with Crippen LogP contribution in [-0.4, -0.2) is 23.5 Å². The Morgan fingerprint density at radius 2 is 1.68 bits per heavy atom. The fourth-order valence-electron chi connectivity index (χ4n) is 1.13. The highest BCUT2D eigenvalue weighted by Gasteiger charge is 2.22. The third kappa shape index (κ3) is 12.4. The van der Waals surface area contributed by atoms with Crippen LogP contribution in [0.1, 0.15) is 41.5 Å². The summed E-state index contributed by atoms with van der Waals surface area (Å²) in [5, 5.41) is 2.13. The largest absolute Gasteiger partial charge is 0.462 e. The number of rotatable bonds is 6. The maximum atomic E-state index is 11.6. The van der Waals surface area contributed by atoms with Crippen LogP contribution in [0.3, 0.4) is 0 Å². The van der Waals surface area contributed by atoms with Crippen LogP contribution in [-0.2, 0) is 14.1 Å². The Balaban J connectivity index is 0. The van der Waals surface area contributed by atoms with Gasteiger partial charge >= 0.3 is 13.7 Å². The van der Waals surface area contributed by atoms with E-state index in [4.69, 9.17) is 9.26 Å². The second-order valence-corrected chi connectivity index (χ2v) is 5.34. The Bertz CT molecular complexity index is 437. The third-order valence-corrected chi connectivity index (χ3v) is 2.78. The summed E-state index contributed by atoms with van der Waals surface area (Å²) in [4.78, 5) is 20.6. The van der Waals surface area contributed by atoms with Gasteiger partial charge < -0.3 is 14.2 Å². The number of nitrogens with one attached hydrogen (secondary N) is 1. The van der Waals surface area contributed by atoms with Crippen LogP contribution in [0.5, 0.6) is 5.75 Å². The van der Waals surface area contributed by atoms with E-state index in [1.165, 1.54) is 12.1 Å². The molecule has 0 aromatic heterocycles. The molecular formula is C15H28NO5P. The van der Waals surface area contributed by atoms with Crippen molar-refractivity contribution in [3.8, 4) is 5.75 Å². The van der Waals surface area contributed by atoms with Crippen molar-refractivity contribution < 1.29 is 23.5 Å². The Morgan fingerprint density at radius 3 is 2.14 bits per heavy atom. The van der Waals surface area contributed by atoms with Crippen molar-refractivity contribution in [2.45, 2.75) is 47.6 Å². The molecule has 128 valence electrons. The van der Waals surface area contributed by atoms with Gasteiger partial charge in [-0.2, -0.15) is 0 Å². The Labute approximate surface area is 133 Å². The number of hydrogen-bond acceptors (Lipinski definition) is 4. The molecule has 2 N–H and O–H groups in total. The van der Waals surface area contributed by atoms with Crippen LogP contribution < -0.4 is 9.61 Å². The Kier molecular flexibility index (Phi) is 13.9. The van der Waals surface area contributed by atoms with Crippen LogP contribution in [0.2, 0.25) is 0 Å². The molecule has 0 heterocycles. The molecule has 0 bridgehead atoms. The highest BCUT2D eigenvalue weighted by atomic mass is 31.2. The van der Waals surface area contributed by atoms with Crippen LogP contribution in [0.15, 0.2) is 30.3 Å². The summed E-state index contributed by atoms with van der Waals surface area (Å²) in [5.74, 6) is -0.371.